The predicted molar refractivity (Wildman–Crippen MR) is 60.2 cm³/mol. The molecule has 0 aromatic heterocycles. The largest absolute Gasteiger partial charge is 0.481 e. The third-order valence-electron chi connectivity index (χ3n) is 2.04. The summed E-state index contributed by atoms with van der Waals surface area (Å²) in [6.45, 7) is 6.19. The smallest absolute Gasteiger partial charge is 0.148 e. The van der Waals surface area contributed by atoms with Gasteiger partial charge in [0.1, 0.15) is 12.4 Å². The molecule has 0 amide bonds. The second-order valence-electron chi connectivity index (χ2n) is 2.91. The van der Waals surface area contributed by atoms with Crippen LogP contribution in [0.4, 0.5) is 0 Å². The van der Waals surface area contributed by atoms with Crippen LogP contribution in [0, 0.1) is 12.3 Å². The van der Waals surface area contributed by atoms with E-state index >= 15 is 0 Å². The maximum atomic E-state index is 5.31. The molecule has 0 spiro atoms. The molecule has 14 heavy (non-hydrogen) atoms. The van der Waals surface area contributed by atoms with Crippen LogP contribution in [-0.4, -0.2) is 6.61 Å². The molecule has 0 aliphatic carbocycles. The molecular formula is C13H14O. The van der Waals surface area contributed by atoms with Gasteiger partial charge >= 0.3 is 0 Å². The Bertz CT molecular complexity index is 358. The van der Waals surface area contributed by atoms with Crippen molar-refractivity contribution in [3.63, 3.8) is 0 Å². The molecular weight excluding hydrogens is 172 g/mol. The van der Waals surface area contributed by atoms with Gasteiger partial charge in [0.25, 0.3) is 0 Å². The molecule has 0 heterocycles. The van der Waals surface area contributed by atoms with Gasteiger partial charge in [-0.25, -0.2) is 0 Å². The van der Waals surface area contributed by atoms with Crippen LogP contribution in [0.1, 0.15) is 18.1 Å². The van der Waals surface area contributed by atoms with Gasteiger partial charge in [0.2, 0.25) is 0 Å². The summed E-state index contributed by atoms with van der Waals surface area (Å²) in [5, 5.41) is 0. The highest BCUT2D eigenvalue weighted by atomic mass is 16.5. The van der Waals surface area contributed by atoms with Crippen LogP contribution in [-0.2, 0) is 6.42 Å². The fourth-order valence-electron chi connectivity index (χ4n) is 1.30. The van der Waals surface area contributed by atoms with Crippen LogP contribution >= 0.6 is 0 Å². The molecule has 1 aromatic carbocycles. The van der Waals surface area contributed by atoms with Crippen LogP contribution in [0.2, 0.25) is 0 Å². The lowest BCUT2D eigenvalue weighted by atomic mass is 10.1. The van der Waals surface area contributed by atoms with E-state index in [2.05, 4.69) is 19.4 Å². The van der Waals surface area contributed by atoms with Crippen molar-refractivity contribution >= 4 is 6.08 Å². The highest BCUT2D eigenvalue weighted by molar-refractivity contribution is 5.54. The predicted octanol–water partition coefficient (Wildman–Crippen LogP) is 2.90. The summed E-state index contributed by atoms with van der Waals surface area (Å²) in [6, 6.07) is 5.94. The van der Waals surface area contributed by atoms with Crippen LogP contribution in [0.5, 0.6) is 5.75 Å². The van der Waals surface area contributed by atoms with Crippen LogP contribution < -0.4 is 4.74 Å². The highest BCUT2D eigenvalue weighted by Gasteiger charge is 1.99. The number of aryl methyl sites for hydroxylation is 1. The van der Waals surface area contributed by atoms with Crippen molar-refractivity contribution in [1.82, 2.24) is 0 Å². The van der Waals surface area contributed by atoms with Gasteiger partial charge in [0.15, 0.2) is 0 Å². The Morgan fingerprint density at radius 3 is 2.93 bits per heavy atom. The van der Waals surface area contributed by atoms with Crippen LogP contribution in [0.15, 0.2) is 24.8 Å². The molecule has 0 unspecified atom stereocenters. The van der Waals surface area contributed by atoms with E-state index in [-0.39, 0.29) is 0 Å². The summed E-state index contributed by atoms with van der Waals surface area (Å²) in [5.41, 5.74) is 2.38. The van der Waals surface area contributed by atoms with Gasteiger partial charge in [-0.15, -0.1) is 6.42 Å². The van der Waals surface area contributed by atoms with E-state index < -0.39 is 0 Å². The van der Waals surface area contributed by atoms with E-state index in [1.54, 1.807) is 0 Å². The molecule has 1 heteroatoms. The van der Waals surface area contributed by atoms with E-state index in [1.807, 2.05) is 24.3 Å². The Morgan fingerprint density at radius 2 is 2.36 bits per heavy atom. The van der Waals surface area contributed by atoms with E-state index in [9.17, 15) is 0 Å². The lowest BCUT2D eigenvalue weighted by molar-refractivity contribution is 0.370. The summed E-state index contributed by atoms with van der Waals surface area (Å²) >= 11 is 0. The molecule has 1 rings (SSSR count). The number of benzene rings is 1. The summed E-state index contributed by atoms with van der Waals surface area (Å²) in [7, 11) is 0. The number of hydrogen-bond donors (Lipinski definition) is 0. The first-order chi connectivity index (χ1) is 6.81. The van der Waals surface area contributed by atoms with Crippen molar-refractivity contribution in [3.8, 4) is 18.1 Å². The first-order valence-electron chi connectivity index (χ1n) is 4.63. The summed E-state index contributed by atoms with van der Waals surface area (Å²) in [5.74, 6) is 3.24. The zero-order chi connectivity index (χ0) is 10.4. The van der Waals surface area contributed by atoms with Gasteiger partial charge < -0.3 is 4.74 Å². The zero-order valence-electron chi connectivity index (χ0n) is 8.42. The maximum Gasteiger partial charge on any atom is 0.148 e. The molecule has 0 fully saturated rings. The Hall–Kier alpha value is -1.68. The molecule has 72 valence electrons. The first-order valence-corrected chi connectivity index (χ1v) is 4.63. The summed E-state index contributed by atoms with van der Waals surface area (Å²) in [6.07, 6.45) is 7.94. The van der Waals surface area contributed by atoms with Gasteiger partial charge in [0, 0.05) is 0 Å². The lowest BCUT2D eigenvalue weighted by Crippen LogP contribution is -1.95. The second-order valence-corrected chi connectivity index (χ2v) is 2.91. The molecule has 0 radical (unpaired) electrons. The molecule has 0 bridgehead atoms. The fourth-order valence-corrected chi connectivity index (χ4v) is 1.30. The third-order valence-corrected chi connectivity index (χ3v) is 2.04. The van der Waals surface area contributed by atoms with Crippen molar-refractivity contribution in [2.45, 2.75) is 13.3 Å². The average molecular weight is 186 g/mol. The second kappa shape index (κ2) is 5.14. The van der Waals surface area contributed by atoms with Gasteiger partial charge in [-0.3, -0.25) is 0 Å². The SMILES string of the molecule is C#CCOc1ccc(CC)c(C=C)c1. The third kappa shape index (κ3) is 2.40. The van der Waals surface area contributed by atoms with Crippen molar-refractivity contribution in [1.29, 1.82) is 0 Å². The highest BCUT2D eigenvalue weighted by Crippen LogP contribution is 2.19. The fraction of sp³-hybridized carbons (Fsp3) is 0.231. The summed E-state index contributed by atoms with van der Waals surface area (Å²) in [4.78, 5) is 0. The lowest BCUT2D eigenvalue weighted by Gasteiger charge is -2.07. The minimum absolute atomic E-state index is 0.308. The van der Waals surface area contributed by atoms with E-state index in [4.69, 9.17) is 11.2 Å². The van der Waals surface area contributed by atoms with E-state index in [1.165, 1.54) is 5.56 Å². The molecule has 0 aliphatic heterocycles. The van der Waals surface area contributed by atoms with E-state index in [0.29, 0.717) is 6.61 Å². The Kier molecular flexibility index (Phi) is 3.82. The molecule has 0 saturated heterocycles. The molecule has 1 aromatic rings. The van der Waals surface area contributed by atoms with Crippen molar-refractivity contribution in [2.75, 3.05) is 6.61 Å². The number of hydrogen-bond acceptors (Lipinski definition) is 1. The number of terminal acetylenes is 1. The van der Waals surface area contributed by atoms with Gasteiger partial charge in [-0.05, 0) is 29.7 Å². The molecule has 0 N–H and O–H groups in total. The average Bonchev–Trinajstić information content (AvgIpc) is 2.25. The monoisotopic (exact) mass is 186 g/mol. The minimum Gasteiger partial charge on any atom is -0.481 e. The minimum atomic E-state index is 0.308. The molecule has 0 saturated carbocycles. The molecule has 0 atom stereocenters. The Morgan fingerprint density at radius 1 is 1.57 bits per heavy atom. The van der Waals surface area contributed by atoms with Crippen molar-refractivity contribution in [2.24, 2.45) is 0 Å². The van der Waals surface area contributed by atoms with Crippen molar-refractivity contribution in [3.05, 3.63) is 35.9 Å². The topological polar surface area (TPSA) is 9.23 Å². The first kappa shape index (κ1) is 10.4. The molecule has 1 nitrogen and oxygen atoms in total. The number of ether oxygens (including phenoxy) is 1. The van der Waals surface area contributed by atoms with Gasteiger partial charge in [-0.1, -0.05) is 31.6 Å². The van der Waals surface area contributed by atoms with Crippen molar-refractivity contribution < 1.29 is 4.74 Å². The Balaban J connectivity index is 2.91. The summed E-state index contributed by atoms with van der Waals surface area (Å²) < 4.78 is 5.31. The Labute approximate surface area is 85.4 Å². The molecule has 0 aliphatic rings. The maximum absolute atomic E-state index is 5.31. The normalized spacial score (nSPS) is 9.14. The zero-order valence-corrected chi connectivity index (χ0v) is 8.42. The number of rotatable bonds is 4. The van der Waals surface area contributed by atoms with E-state index in [0.717, 1.165) is 17.7 Å². The standard InChI is InChI=1S/C13H14O/c1-4-9-14-13-8-7-11(5-2)12(6-3)10-13/h1,6-8,10H,3,5,9H2,2H3. The quantitative estimate of drug-likeness (QED) is 0.657. The van der Waals surface area contributed by atoms with Crippen LogP contribution in [0.25, 0.3) is 6.08 Å². The van der Waals surface area contributed by atoms with Crippen LogP contribution in [0.3, 0.4) is 0 Å². The van der Waals surface area contributed by atoms with Gasteiger partial charge in [0.05, 0.1) is 0 Å². The van der Waals surface area contributed by atoms with Gasteiger partial charge in [-0.2, -0.15) is 0 Å².